The molecule has 0 saturated heterocycles. The highest BCUT2D eigenvalue weighted by Gasteiger charge is 2.21. The van der Waals surface area contributed by atoms with Crippen molar-refractivity contribution in [1.82, 2.24) is 14.5 Å². The lowest BCUT2D eigenvalue weighted by Crippen LogP contribution is -2.30. The normalized spacial score (nSPS) is 11.0. The van der Waals surface area contributed by atoms with E-state index in [1.54, 1.807) is 42.7 Å². The average molecular weight is 404 g/mol. The van der Waals surface area contributed by atoms with Crippen LogP contribution in [0.4, 0.5) is 4.39 Å². The summed E-state index contributed by atoms with van der Waals surface area (Å²) >= 11 is 0. The lowest BCUT2D eigenvalue weighted by molar-refractivity contribution is 0.0996. The van der Waals surface area contributed by atoms with Gasteiger partial charge in [-0.1, -0.05) is 18.2 Å². The van der Waals surface area contributed by atoms with Gasteiger partial charge in [-0.3, -0.25) is 19.6 Å². The minimum atomic E-state index is -1.03. The second-order valence-electron chi connectivity index (χ2n) is 6.85. The zero-order valence-electron chi connectivity index (χ0n) is 15.7. The van der Waals surface area contributed by atoms with Gasteiger partial charge in [0.05, 0.1) is 12.1 Å². The van der Waals surface area contributed by atoms with Crippen LogP contribution in [0.1, 0.15) is 27.0 Å². The van der Waals surface area contributed by atoms with E-state index in [1.165, 1.54) is 22.9 Å². The van der Waals surface area contributed by atoms with Crippen LogP contribution >= 0.6 is 0 Å². The van der Waals surface area contributed by atoms with Crippen molar-refractivity contribution in [3.05, 3.63) is 99.5 Å². The van der Waals surface area contributed by atoms with Crippen LogP contribution in [0.25, 0.3) is 11.0 Å². The van der Waals surface area contributed by atoms with Crippen molar-refractivity contribution in [3.63, 3.8) is 0 Å². The molecule has 3 heterocycles. The molecular formula is C22H17FN4O3. The number of pyridine rings is 3. The fourth-order valence-corrected chi connectivity index (χ4v) is 3.34. The van der Waals surface area contributed by atoms with Gasteiger partial charge in [-0.15, -0.1) is 0 Å². The molecule has 7 nitrogen and oxygen atoms in total. The molecule has 0 fully saturated rings. The maximum absolute atomic E-state index is 13.2. The highest BCUT2D eigenvalue weighted by Crippen LogP contribution is 2.26. The molecular weight excluding hydrogens is 387 g/mol. The third-order valence-electron chi connectivity index (χ3n) is 4.77. The summed E-state index contributed by atoms with van der Waals surface area (Å²) in [6.45, 7) is 0.116. The first-order valence-electron chi connectivity index (χ1n) is 9.11. The summed E-state index contributed by atoms with van der Waals surface area (Å²) < 4.78 is 14.5. The third-order valence-corrected chi connectivity index (χ3v) is 4.77. The van der Waals surface area contributed by atoms with E-state index in [4.69, 9.17) is 5.73 Å². The molecule has 0 radical (unpaired) electrons. The summed E-state index contributed by atoms with van der Waals surface area (Å²) in [7, 11) is 0. The monoisotopic (exact) mass is 404 g/mol. The van der Waals surface area contributed by atoms with Crippen molar-refractivity contribution < 1.29 is 14.3 Å². The summed E-state index contributed by atoms with van der Waals surface area (Å²) in [5.41, 5.74) is 6.89. The second kappa shape index (κ2) is 7.75. The number of amides is 1. The van der Waals surface area contributed by atoms with E-state index >= 15 is 0 Å². The molecule has 0 unspecified atom stereocenters. The first-order chi connectivity index (χ1) is 14.4. The Bertz CT molecular complexity index is 1300. The summed E-state index contributed by atoms with van der Waals surface area (Å²) in [6, 6.07) is 11.3. The van der Waals surface area contributed by atoms with Gasteiger partial charge in [-0.05, 0) is 47.4 Å². The van der Waals surface area contributed by atoms with Gasteiger partial charge in [0.15, 0.2) is 5.75 Å². The van der Waals surface area contributed by atoms with Gasteiger partial charge in [0.1, 0.15) is 16.9 Å². The fraction of sp³-hybridized carbons (Fsp3) is 0.0909. The maximum atomic E-state index is 13.2. The van der Waals surface area contributed by atoms with Crippen LogP contribution in [0.2, 0.25) is 0 Å². The van der Waals surface area contributed by atoms with Crippen molar-refractivity contribution in [2.24, 2.45) is 5.73 Å². The number of fused-ring (bicyclic) bond motifs is 1. The number of aromatic hydroxyl groups is 1. The predicted octanol–water partition coefficient (Wildman–Crippen LogP) is 2.37. The summed E-state index contributed by atoms with van der Waals surface area (Å²) in [6.07, 6.45) is 5.20. The molecule has 0 atom stereocenters. The Labute approximate surface area is 170 Å². The number of rotatable bonds is 5. The Kier molecular flexibility index (Phi) is 4.97. The van der Waals surface area contributed by atoms with E-state index in [0.29, 0.717) is 11.9 Å². The van der Waals surface area contributed by atoms with Gasteiger partial charge in [-0.2, -0.15) is 0 Å². The minimum absolute atomic E-state index is 0.0927. The summed E-state index contributed by atoms with van der Waals surface area (Å²) in [4.78, 5) is 33.1. The Morgan fingerprint density at radius 2 is 1.87 bits per heavy atom. The first-order valence-corrected chi connectivity index (χ1v) is 9.11. The Morgan fingerprint density at radius 1 is 1.10 bits per heavy atom. The second-order valence-corrected chi connectivity index (χ2v) is 6.85. The standard InChI is InChI=1S/C22H17FN4O3/c23-16-5-3-13(4-6-16)8-15-9-17-19(26-11-15)20(28)18(21(24)29)22(30)27(17)12-14-2-1-7-25-10-14/h1-7,9-11,28H,8,12H2,(H2,24,29). The number of primary amides is 1. The van der Waals surface area contributed by atoms with E-state index in [1.807, 2.05) is 0 Å². The molecule has 3 N–H and O–H groups in total. The Balaban J connectivity index is 1.89. The smallest absolute Gasteiger partial charge is 0.268 e. The molecule has 1 amide bonds. The highest BCUT2D eigenvalue weighted by molar-refractivity contribution is 6.00. The first kappa shape index (κ1) is 19.3. The molecule has 4 aromatic rings. The Hall–Kier alpha value is -4.07. The number of carbonyl (C=O) groups excluding carboxylic acids is 1. The van der Waals surface area contributed by atoms with Crippen LogP contribution in [0.15, 0.2) is 65.8 Å². The largest absolute Gasteiger partial charge is 0.505 e. The predicted molar refractivity (Wildman–Crippen MR) is 109 cm³/mol. The van der Waals surface area contributed by atoms with Gasteiger partial charge < -0.3 is 15.4 Å². The average Bonchev–Trinajstić information content (AvgIpc) is 2.73. The van der Waals surface area contributed by atoms with Crippen molar-refractivity contribution >= 4 is 16.9 Å². The molecule has 0 spiro atoms. The number of carbonyl (C=O) groups is 1. The molecule has 150 valence electrons. The number of hydrogen-bond acceptors (Lipinski definition) is 5. The van der Waals surface area contributed by atoms with E-state index in [0.717, 1.165) is 16.7 Å². The van der Waals surface area contributed by atoms with Crippen molar-refractivity contribution in [1.29, 1.82) is 0 Å². The SMILES string of the molecule is NC(=O)c1c(O)c2ncc(Cc3ccc(F)cc3)cc2n(Cc2cccnc2)c1=O. The van der Waals surface area contributed by atoms with Crippen molar-refractivity contribution in [3.8, 4) is 5.75 Å². The van der Waals surface area contributed by atoms with E-state index in [-0.39, 0.29) is 17.9 Å². The number of nitrogens with zero attached hydrogens (tertiary/aromatic N) is 3. The van der Waals surface area contributed by atoms with Crippen molar-refractivity contribution in [2.45, 2.75) is 13.0 Å². The summed E-state index contributed by atoms with van der Waals surface area (Å²) in [5, 5.41) is 10.5. The maximum Gasteiger partial charge on any atom is 0.268 e. The Morgan fingerprint density at radius 3 is 2.53 bits per heavy atom. The molecule has 0 aliphatic heterocycles. The van der Waals surface area contributed by atoms with E-state index in [9.17, 15) is 19.1 Å². The molecule has 0 bridgehead atoms. The van der Waals surface area contributed by atoms with Gasteiger partial charge in [0, 0.05) is 18.6 Å². The van der Waals surface area contributed by atoms with E-state index < -0.39 is 22.8 Å². The lowest BCUT2D eigenvalue weighted by Gasteiger charge is -2.14. The molecule has 0 aliphatic rings. The van der Waals surface area contributed by atoms with Crippen LogP contribution < -0.4 is 11.3 Å². The quantitative estimate of drug-likeness (QED) is 0.531. The number of nitrogens with two attached hydrogens (primary N) is 1. The minimum Gasteiger partial charge on any atom is -0.505 e. The molecule has 0 saturated carbocycles. The topological polar surface area (TPSA) is 111 Å². The van der Waals surface area contributed by atoms with Crippen LogP contribution in [0.3, 0.4) is 0 Å². The van der Waals surface area contributed by atoms with Crippen LogP contribution in [-0.2, 0) is 13.0 Å². The highest BCUT2D eigenvalue weighted by atomic mass is 19.1. The number of halogens is 1. The zero-order chi connectivity index (χ0) is 21.3. The van der Waals surface area contributed by atoms with E-state index in [2.05, 4.69) is 9.97 Å². The number of aromatic nitrogens is 3. The number of hydrogen-bond donors (Lipinski definition) is 2. The van der Waals surface area contributed by atoms with Gasteiger partial charge in [-0.25, -0.2) is 4.39 Å². The molecule has 1 aromatic carbocycles. The zero-order valence-corrected chi connectivity index (χ0v) is 15.7. The number of benzene rings is 1. The van der Waals surface area contributed by atoms with Gasteiger partial charge in [0.2, 0.25) is 0 Å². The fourth-order valence-electron chi connectivity index (χ4n) is 3.34. The molecule has 30 heavy (non-hydrogen) atoms. The molecule has 0 aliphatic carbocycles. The molecule has 3 aromatic heterocycles. The van der Waals surface area contributed by atoms with Gasteiger partial charge >= 0.3 is 0 Å². The van der Waals surface area contributed by atoms with Crippen LogP contribution in [0, 0.1) is 5.82 Å². The summed E-state index contributed by atoms with van der Waals surface area (Å²) in [5.74, 6) is -1.90. The molecule has 4 rings (SSSR count). The van der Waals surface area contributed by atoms with Crippen LogP contribution in [-0.4, -0.2) is 25.5 Å². The van der Waals surface area contributed by atoms with Crippen LogP contribution in [0.5, 0.6) is 5.75 Å². The third kappa shape index (κ3) is 3.62. The van der Waals surface area contributed by atoms with Gasteiger partial charge in [0.25, 0.3) is 11.5 Å². The molecule has 8 heteroatoms. The lowest BCUT2D eigenvalue weighted by atomic mass is 10.1. The van der Waals surface area contributed by atoms with Crippen molar-refractivity contribution in [2.75, 3.05) is 0 Å².